The van der Waals surface area contributed by atoms with Crippen molar-refractivity contribution in [2.75, 3.05) is 6.54 Å². The van der Waals surface area contributed by atoms with Crippen molar-refractivity contribution in [1.82, 2.24) is 25.1 Å². The van der Waals surface area contributed by atoms with E-state index in [1.165, 1.54) is 30.6 Å². The molecule has 0 unspecified atom stereocenters. The average molecular weight is 452 g/mol. The van der Waals surface area contributed by atoms with Gasteiger partial charge in [-0.1, -0.05) is 6.42 Å². The highest BCUT2D eigenvalue weighted by Gasteiger charge is 2.16. The molecule has 1 amide bonds. The number of thiophene rings is 1. The van der Waals surface area contributed by atoms with E-state index in [0.717, 1.165) is 39.0 Å². The second-order valence-corrected chi connectivity index (χ2v) is 8.85. The van der Waals surface area contributed by atoms with E-state index in [1.807, 2.05) is 11.4 Å². The number of rotatable bonds is 5. The third-order valence-corrected chi connectivity index (χ3v) is 7.04. The highest BCUT2D eigenvalue weighted by Crippen LogP contribution is 2.31. The lowest BCUT2D eigenvalue weighted by molar-refractivity contribution is 0.0949. The molecule has 0 fully saturated rings. The molecule has 0 radical (unpaired) electrons. The number of hydrogen-bond donors (Lipinski definition) is 1. The van der Waals surface area contributed by atoms with Gasteiger partial charge in [0, 0.05) is 41.2 Å². The van der Waals surface area contributed by atoms with E-state index in [-0.39, 0.29) is 5.91 Å². The predicted molar refractivity (Wildman–Crippen MR) is 107 cm³/mol. The zero-order valence-corrected chi connectivity index (χ0v) is 17.3. The van der Waals surface area contributed by atoms with Crippen molar-refractivity contribution in [2.24, 2.45) is 0 Å². The Hall–Kier alpha value is -1.58. The molecule has 0 bridgehead atoms. The lowest BCUT2D eigenvalue weighted by Gasteiger charge is -2.07. The van der Waals surface area contributed by atoms with Gasteiger partial charge in [-0.2, -0.15) is 0 Å². The minimum absolute atomic E-state index is 0.140. The number of nitrogens with one attached hydrogen (secondary N) is 1. The molecular formula is C17H18BrN5OS2. The molecule has 0 aromatic carbocycles. The Bertz CT molecular complexity index is 916. The first-order chi connectivity index (χ1) is 12.7. The summed E-state index contributed by atoms with van der Waals surface area (Å²) in [4.78, 5) is 17.9. The van der Waals surface area contributed by atoms with E-state index >= 15 is 0 Å². The van der Waals surface area contributed by atoms with E-state index in [4.69, 9.17) is 0 Å². The molecule has 1 aliphatic rings. The van der Waals surface area contributed by atoms with Gasteiger partial charge in [-0.15, -0.1) is 32.9 Å². The van der Waals surface area contributed by atoms with E-state index in [1.54, 1.807) is 16.7 Å². The van der Waals surface area contributed by atoms with E-state index in [9.17, 15) is 4.79 Å². The Morgan fingerprint density at radius 1 is 1.23 bits per heavy atom. The van der Waals surface area contributed by atoms with Gasteiger partial charge in [-0.3, -0.25) is 4.79 Å². The van der Waals surface area contributed by atoms with Crippen LogP contribution in [-0.2, 0) is 19.4 Å². The number of carbonyl (C=O) groups excluding carboxylic acids is 1. The monoisotopic (exact) mass is 451 g/mol. The SMILES string of the molecule is O=C(NCCc1nnc2n1CCCCC2)c1csc(-c2cc(Br)cs2)n1. The standard InChI is InChI=1S/C17H18BrN5OS2/c18-11-8-13(25-9-11)17-20-12(10-26-17)16(24)19-6-5-15-22-21-14-4-2-1-3-7-23(14)15/h8-10H,1-7H2,(H,19,24). The Labute approximate surface area is 167 Å². The van der Waals surface area contributed by atoms with Gasteiger partial charge in [-0.25, -0.2) is 4.98 Å². The fourth-order valence-electron chi connectivity index (χ4n) is 3.03. The van der Waals surface area contributed by atoms with Crippen LogP contribution in [0.5, 0.6) is 0 Å². The molecule has 4 heterocycles. The first kappa shape index (κ1) is 17.8. The average Bonchev–Trinajstić information content (AvgIpc) is 3.33. The molecule has 3 aromatic heterocycles. The van der Waals surface area contributed by atoms with Gasteiger partial charge >= 0.3 is 0 Å². The van der Waals surface area contributed by atoms with Crippen LogP contribution in [0.15, 0.2) is 21.3 Å². The summed E-state index contributed by atoms with van der Waals surface area (Å²) in [5, 5.41) is 16.2. The molecule has 6 nitrogen and oxygen atoms in total. The summed E-state index contributed by atoms with van der Waals surface area (Å²) < 4.78 is 3.25. The Morgan fingerprint density at radius 2 is 2.15 bits per heavy atom. The molecule has 136 valence electrons. The van der Waals surface area contributed by atoms with Crippen molar-refractivity contribution in [3.8, 4) is 9.88 Å². The van der Waals surface area contributed by atoms with Crippen LogP contribution in [0.2, 0.25) is 0 Å². The van der Waals surface area contributed by atoms with Crippen LogP contribution in [0.3, 0.4) is 0 Å². The van der Waals surface area contributed by atoms with Gasteiger partial charge in [0.1, 0.15) is 22.4 Å². The van der Waals surface area contributed by atoms with Crippen molar-refractivity contribution < 1.29 is 4.79 Å². The molecule has 1 aliphatic heterocycles. The summed E-state index contributed by atoms with van der Waals surface area (Å²) in [6.45, 7) is 1.52. The second-order valence-electron chi connectivity index (χ2n) is 6.17. The number of carbonyl (C=O) groups is 1. The van der Waals surface area contributed by atoms with Crippen molar-refractivity contribution in [3.05, 3.63) is 38.6 Å². The number of halogens is 1. The molecule has 0 atom stereocenters. The number of hydrogen-bond acceptors (Lipinski definition) is 6. The van der Waals surface area contributed by atoms with Crippen molar-refractivity contribution >= 4 is 44.5 Å². The Morgan fingerprint density at radius 3 is 3.00 bits per heavy atom. The maximum atomic E-state index is 12.4. The molecule has 3 aromatic rings. The lowest BCUT2D eigenvalue weighted by Crippen LogP contribution is -2.26. The number of amides is 1. The predicted octanol–water partition coefficient (Wildman–Crippen LogP) is 3.92. The lowest BCUT2D eigenvalue weighted by atomic mass is 10.2. The van der Waals surface area contributed by atoms with Gasteiger partial charge in [0.25, 0.3) is 5.91 Å². The number of fused-ring (bicyclic) bond motifs is 1. The topological polar surface area (TPSA) is 72.7 Å². The van der Waals surface area contributed by atoms with Crippen LogP contribution in [0.25, 0.3) is 9.88 Å². The Kier molecular flexibility index (Phi) is 5.46. The second kappa shape index (κ2) is 7.98. The summed E-state index contributed by atoms with van der Waals surface area (Å²) in [6.07, 6.45) is 5.28. The van der Waals surface area contributed by atoms with Crippen LogP contribution in [0.4, 0.5) is 0 Å². The third kappa shape index (κ3) is 3.89. The van der Waals surface area contributed by atoms with Gasteiger partial charge in [0.2, 0.25) is 0 Å². The maximum absolute atomic E-state index is 12.4. The molecule has 0 spiro atoms. The Balaban J connectivity index is 1.35. The molecule has 9 heteroatoms. The number of aromatic nitrogens is 4. The molecular weight excluding hydrogens is 434 g/mol. The smallest absolute Gasteiger partial charge is 0.270 e. The summed E-state index contributed by atoms with van der Waals surface area (Å²) in [7, 11) is 0. The largest absolute Gasteiger partial charge is 0.350 e. The first-order valence-corrected chi connectivity index (χ1v) is 11.1. The maximum Gasteiger partial charge on any atom is 0.270 e. The van der Waals surface area contributed by atoms with Crippen molar-refractivity contribution in [1.29, 1.82) is 0 Å². The fraction of sp³-hybridized carbons (Fsp3) is 0.412. The van der Waals surface area contributed by atoms with Crippen LogP contribution < -0.4 is 5.32 Å². The number of nitrogens with zero attached hydrogens (tertiary/aromatic N) is 4. The van der Waals surface area contributed by atoms with Crippen LogP contribution >= 0.6 is 38.6 Å². The van der Waals surface area contributed by atoms with E-state index in [2.05, 4.69) is 41.0 Å². The minimum atomic E-state index is -0.140. The normalized spacial score (nSPS) is 14.0. The zero-order valence-electron chi connectivity index (χ0n) is 14.1. The molecule has 0 saturated heterocycles. The molecule has 4 rings (SSSR count). The highest BCUT2D eigenvalue weighted by molar-refractivity contribution is 9.10. The van der Waals surface area contributed by atoms with Crippen LogP contribution in [-0.4, -0.2) is 32.2 Å². The van der Waals surface area contributed by atoms with E-state index < -0.39 is 0 Å². The first-order valence-electron chi connectivity index (χ1n) is 8.60. The quantitative estimate of drug-likeness (QED) is 0.637. The van der Waals surface area contributed by atoms with Gasteiger partial charge in [-0.05, 0) is 34.8 Å². The summed E-state index contributed by atoms with van der Waals surface area (Å²) in [6, 6.07) is 2.02. The van der Waals surface area contributed by atoms with Crippen molar-refractivity contribution in [3.63, 3.8) is 0 Å². The van der Waals surface area contributed by atoms with E-state index in [0.29, 0.717) is 18.7 Å². The molecule has 0 aliphatic carbocycles. The third-order valence-electron chi connectivity index (χ3n) is 4.34. The number of aryl methyl sites for hydroxylation is 1. The summed E-state index contributed by atoms with van der Waals surface area (Å²) in [5.74, 6) is 1.90. The fourth-order valence-corrected chi connectivity index (χ4v) is 5.33. The zero-order chi connectivity index (χ0) is 17.9. The van der Waals surface area contributed by atoms with Gasteiger partial charge < -0.3 is 9.88 Å². The highest BCUT2D eigenvalue weighted by atomic mass is 79.9. The van der Waals surface area contributed by atoms with Crippen molar-refractivity contribution in [2.45, 2.75) is 38.6 Å². The molecule has 26 heavy (non-hydrogen) atoms. The van der Waals surface area contributed by atoms with Gasteiger partial charge in [0.05, 0.1) is 4.88 Å². The van der Waals surface area contributed by atoms with Crippen LogP contribution in [0.1, 0.15) is 41.4 Å². The number of thiazole rings is 1. The van der Waals surface area contributed by atoms with Crippen LogP contribution in [0, 0.1) is 0 Å². The summed E-state index contributed by atoms with van der Waals surface area (Å²) in [5.41, 5.74) is 0.467. The summed E-state index contributed by atoms with van der Waals surface area (Å²) >= 11 is 6.54. The minimum Gasteiger partial charge on any atom is -0.350 e. The van der Waals surface area contributed by atoms with Gasteiger partial charge in [0.15, 0.2) is 0 Å². The molecule has 1 N–H and O–H groups in total. The molecule has 0 saturated carbocycles.